The van der Waals surface area contributed by atoms with Crippen LogP contribution < -0.4 is 14.8 Å². The van der Waals surface area contributed by atoms with E-state index >= 15 is 0 Å². The van der Waals surface area contributed by atoms with Crippen molar-refractivity contribution in [1.82, 2.24) is 0 Å². The molecule has 2 aromatic carbocycles. The lowest BCUT2D eigenvalue weighted by Crippen LogP contribution is -1.96. The Hall–Kier alpha value is -2.96. The molecule has 2 aromatic rings. The Morgan fingerprint density at radius 2 is 1.95 bits per heavy atom. The zero-order valence-electron chi connectivity index (χ0n) is 10.2. The van der Waals surface area contributed by atoms with E-state index in [4.69, 9.17) is 9.47 Å². The first-order valence-electron chi connectivity index (χ1n) is 5.77. The summed E-state index contributed by atoms with van der Waals surface area (Å²) < 4.78 is 10.4. The number of nitrogens with one attached hydrogen (secondary N) is 1. The van der Waals surface area contributed by atoms with Gasteiger partial charge in [-0.25, -0.2) is 0 Å². The first kappa shape index (κ1) is 12.1. The van der Waals surface area contributed by atoms with Crippen LogP contribution in [0, 0.1) is 10.1 Å². The predicted molar refractivity (Wildman–Crippen MR) is 70.6 cm³/mol. The van der Waals surface area contributed by atoms with E-state index in [1.807, 2.05) is 0 Å². The summed E-state index contributed by atoms with van der Waals surface area (Å²) in [7, 11) is 0. The molecule has 0 fully saturated rings. The molecule has 1 heterocycles. The van der Waals surface area contributed by atoms with Crippen LogP contribution in [-0.4, -0.2) is 16.8 Å². The average molecular weight is 274 g/mol. The number of rotatable bonds is 3. The highest BCUT2D eigenvalue weighted by Gasteiger charge is 2.17. The molecule has 2 N–H and O–H groups in total. The molecule has 0 aromatic heterocycles. The minimum absolute atomic E-state index is 0.0566. The lowest BCUT2D eigenvalue weighted by atomic mass is 10.2. The van der Waals surface area contributed by atoms with Crippen LogP contribution in [0.5, 0.6) is 17.2 Å². The van der Waals surface area contributed by atoms with Gasteiger partial charge in [-0.15, -0.1) is 0 Å². The molecule has 0 bridgehead atoms. The number of hydrogen-bond donors (Lipinski definition) is 2. The van der Waals surface area contributed by atoms with E-state index in [0.29, 0.717) is 17.2 Å². The Balaban J connectivity index is 1.95. The number of hydrogen-bond acceptors (Lipinski definition) is 6. The number of benzene rings is 2. The second-order valence-electron chi connectivity index (χ2n) is 4.15. The summed E-state index contributed by atoms with van der Waals surface area (Å²) in [6.45, 7) is 0.158. The lowest BCUT2D eigenvalue weighted by molar-refractivity contribution is -0.383. The maximum Gasteiger partial charge on any atom is 0.292 e. The molecule has 20 heavy (non-hydrogen) atoms. The molecular weight excluding hydrogens is 264 g/mol. The molecule has 0 aliphatic carbocycles. The fourth-order valence-electron chi connectivity index (χ4n) is 1.91. The highest BCUT2D eigenvalue weighted by atomic mass is 16.7. The lowest BCUT2D eigenvalue weighted by Gasteiger charge is -2.08. The molecule has 0 saturated carbocycles. The monoisotopic (exact) mass is 274 g/mol. The summed E-state index contributed by atoms with van der Waals surface area (Å²) in [5.74, 6) is 1.14. The molecule has 0 spiro atoms. The third kappa shape index (κ3) is 2.16. The summed E-state index contributed by atoms with van der Waals surface area (Å²) in [6.07, 6.45) is 0. The van der Waals surface area contributed by atoms with Gasteiger partial charge in [0.2, 0.25) is 6.79 Å². The third-order valence-electron chi connectivity index (χ3n) is 2.83. The molecule has 0 unspecified atom stereocenters. The van der Waals surface area contributed by atoms with E-state index < -0.39 is 4.92 Å². The number of phenolic OH excluding ortho intramolecular Hbond substituents is 1. The van der Waals surface area contributed by atoms with Crippen molar-refractivity contribution in [3.8, 4) is 17.2 Å². The van der Waals surface area contributed by atoms with Crippen LogP contribution in [-0.2, 0) is 0 Å². The number of nitrogens with zero attached hydrogens (tertiary/aromatic N) is 1. The smallest absolute Gasteiger partial charge is 0.292 e. The van der Waals surface area contributed by atoms with Crippen molar-refractivity contribution in [2.45, 2.75) is 0 Å². The van der Waals surface area contributed by atoms with Gasteiger partial charge in [-0.05, 0) is 18.2 Å². The molecule has 0 amide bonds. The summed E-state index contributed by atoms with van der Waals surface area (Å²) >= 11 is 0. The van der Waals surface area contributed by atoms with Crippen LogP contribution in [0.1, 0.15) is 0 Å². The topological polar surface area (TPSA) is 93.9 Å². The van der Waals surface area contributed by atoms with Gasteiger partial charge in [0.05, 0.1) is 4.92 Å². The van der Waals surface area contributed by atoms with Gasteiger partial charge in [-0.2, -0.15) is 0 Å². The van der Waals surface area contributed by atoms with E-state index in [-0.39, 0.29) is 23.9 Å². The summed E-state index contributed by atoms with van der Waals surface area (Å²) in [5.41, 5.74) is 0.678. The number of fused-ring (bicyclic) bond motifs is 1. The summed E-state index contributed by atoms with van der Waals surface area (Å²) in [5, 5.41) is 23.3. The van der Waals surface area contributed by atoms with Gasteiger partial charge in [0.25, 0.3) is 5.69 Å². The molecule has 1 aliphatic heterocycles. The predicted octanol–water partition coefficient (Wildman–Crippen LogP) is 2.77. The van der Waals surface area contributed by atoms with Crippen LogP contribution >= 0.6 is 0 Å². The summed E-state index contributed by atoms with van der Waals surface area (Å²) in [6, 6.07) is 8.90. The molecule has 7 nitrogen and oxygen atoms in total. The third-order valence-corrected chi connectivity index (χ3v) is 2.83. The van der Waals surface area contributed by atoms with Crippen LogP contribution in [0.2, 0.25) is 0 Å². The normalized spacial score (nSPS) is 12.2. The fraction of sp³-hybridized carbons (Fsp3) is 0.0769. The molecule has 7 heteroatoms. The molecule has 3 rings (SSSR count). The van der Waals surface area contributed by atoms with Gasteiger partial charge >= 0.3 is 0 Å². The van der Waals surface area contributed by atoms with Crippen molar-refractivity contribution in [3.05, 3.63) is 46.5 Å². The van der Waals surface area contributed by atoms with Gasteiger partial charge < -0.3 is 19.9 Å². The van der Waals surface area contributed by atoms with Crippen LogP contribution in [0.3, 0.4) is 0 Å². The SMILES string of the molecule is O=[N+]([O-])c1ccc(O)cc1Nc1ccc2c(c1)OCO2. The van der Waals surface area contributed by atoms with Gasteiger partial charge in [0, 0.05) is 23.9 Å². The zero-order chi connectivity index (χ0) is 14.1. The van der Waals surface area contributed by atoms with Crippen molar-refractivity contribution >= 4 is 17.1 Å². The van der Waals surface area contributed by atoms with Crippen molar-refractivity contribution in [3.63, 3.8) is 0 Å². The maximum absolute atomic E-state index is 10.9. The summed E-state index contributed by atoms with van der Waals surface area (Å²) in [4.78, 5) is 10.4. The molecule has 0 saturated heterocycles. The van der Waals surface area contributed by atoms with Gasteiger partial charge in [0.1, 0.15) is 11.4 Å². The Labute approximate surface area is 113 Å². The molecule has 0 atom stereocenters. The van der Waals surface area contributed by atoms with E-state index in [2.05, 4.69) is 5.32 Å². The van der Waals surface area contributed by atoms with Crippen molar-refractivity contribution in [1.29, 1.82) is 0 Å². The van der Waals surface area contributed by atoms with E-state index in [1.54, 1.807) is 18.2 Å². The Morgan fingerprint density at radius 1 is 1.15 bits per heavy atom. The number of anilines is 2. The minimum Gasteiger partial charge on any atom is -0.508 e. The van der Waals surface area contributed by atoms with Crippen LogP contribution in [0.25, 0.3) is 0 Å². The van der Waals surface area contributed by atoms with Crippen LogP contribution in [0.4, 0.5) is 17.1 Å². The van der Waals surface area contributed by atoms with Crippen molar-refractivity contribution < 1.29 is 19.5 Å². The maximum atomic E-state index is 10.9. The standard InChI is InChI=1S/C13H10N2O5/c16-9-2-3-11(15(17)18)10(6-9)14-8-1-4-12-13(5-8)20-7-19-12/h1-6,14,16H,7H2. The van der Waals surface area contributed by atoms with Crippen LogP contribution in [0.15, 0.2) is 36.4 Å². The Bertz CT molecular complexity index is 686. The number of nitro benzene ring substituents is 1. The van der Waals surface area contributed by atoms with E-state index in [9.17, 15) is 15.2 Å². The van der Waals surface area contributed by atoms with Gasteiger partial charge in [-0.1, -0.05) is 0 Å². The first-order valence-corrected chi connectivity index (χ1v) is 5.77. The fourth-order valence-corrected chi connectivity index (χ4v) is 1.91. The Kier molecular flexibility index (Phi) is 2.79. The van der Waals surface area contributed by atoms with E-state index in [1.165, 1.54) is 18.2 Å². The first-order chi connectivity index (χ1) is 9.63. The van der Waals surface area contributed by atoms with E-state index in [0.717, 1.165) is 0 Å². The number of aromatic hydroxyl groups is 1. The second-order valence-corrected chi connectivity index (χ2v) is 4.15. The highest BCUT2D eigenvalue weighted by Crippen LogP contribution is 2.37. The number of ether oxygens (including phenoxy) is 2. The quantitative estimate of drug-likeness (QED) is 0.660. The van der Waals surface area contributed by atoms with Gasteiger partial charge in [0.15, 0.2) is 11.5 Å². The molecule has 1 aliphatic rings. The van der Waals surface area contributed by atoms with Gasteiger partial charge in [-0.3, -0.25) is 10.1 Å². The second kappa shape index (κ2) is 4.61. The molecular formula is C13H10N2O5. The zero-order valence-corrected chi connectivity index (χ0v) is 10.2. The Morgan fingerprint density at radius 3 is 2.75 bits per heavy atom. The molecule has 0 radical (unpaired) electrons. The van der Waals surface area contributed by atoms with Crippen molar-refractivity contribution in [2.24, 2.45) is 0 Å². The van der Waals surface area contributed by atoms with Crippen molar-refractivity contribution in [2.75, 3.05) is 12.1 Å². The largest absolute Gasteiger partial charge is 0.508 e. The molecule has 102 valence electrons. The number of phenols is 1. The average Bonchev–Trinajstić information content (AvgIpc) is 2.85. The number of nitro groups is 1. The minimum atomic E-state index is -0.519. The highest BCUT2D eigenvalue weighted by molar-refractivity contribution is 5.72.